The summed E-state index contributed by atoms with van der Waals surface area (Å²) in [5, 5.41) is 3.72. The number of ketones is 1. The lowest BCUT2D eigenvalue weighted by Crippen LogP contribution is -2.40. The van der Waals surface area contributed by atoms with Gasteiger partial charge in [0, 0.05) is 10.6 Å². The van der Waals surface area contributed by atoms with E-state index in [-0.39, 0.29) is 34.4 Å². The molecule has 1 heterocycles. The molecule has 3 rings (SSSR count). The average molecular weight is 491 g/mol. The summed E-state index contributed by atoms with van der Waals surface area (Å²) in [6.07, 6.45) is 1.07. The van der Waals surface area contributed by atoms with E-state index in [9.17, 15) is 19.2 Å². The Morgan fingerprint density at radius 1 is 1.15 bits per heavy atom. The zero-order valence-electron chi connectivity index (χ0n) is 18.3. The molecule has 33 heavy (non-hydrogen) atoms. The van der Waals surface area contributed by atoms with Crippen molar-refractivity contribution in [1.29, 1.82) is 0 Å². The molecule has 1 aliphatic rings. The van der Waals surface area contributed by atoms with Crippen molar-refractivity contribution in [2.45, 2.75) is 32.7 Å². The zero-order valence-corrected chi connectivity index (χ0v) is 19.8. The van der Waals surface area contributed by atoms with Crippen LogP contribution in [0.3, 0.4) is 0 Å². The lowest BCUT2D eigenvalue weighted by atomic mass is 10.1. The van der Waals surface area contributed by atoms with Crippen LogP contribution in [0.5, 0.6) is 0 Å². The van der Waals surface area contributed by atoms with Crippen LogP contribution >= 0.6 is 23.2 Å². The van der Waals surface area contributed by atoms with E-state index >= 15 is 0 Å². The van der Waals surface area contributed by atoms with Gasteiger partial charge in [-0.05, 0) is 54.9 Å². The van der Waals surface area contributed by atoms with Gasteiger partial charge in [0.15, 0.2) is 6.61 Å². The van der Waals surface area contributed by atoms with E-state index in [0.29, 0.717) is 23.2 Å². The Kier molecular flexibility index (Phi) is 8.24. The Labute approximate surface area is 202 Å². The Morgan fingerprint density at radius 3 is 2.48 bits per heavy atom. The highest BCUT2D eigenvalue weighted by Gasteiger charge is 2.39. The number of Topliss-reactive ketones (excluding diaryl/α,β-unsaturated/α-hetero) is 1. The fourth-order valence-corrected chi connectivity index (χ4v) is 3.82. The molecule has 1 saturated heterocycles. The zero-order chi connectivity index (χ0) is 24.1. The third kappa shape index (κ3) is 5.99. The number of nitrogens with one attached hydrogen (secondary N) is 1. The summed E-state index contributed by atoms with van der Waals surface area (Å²) in [6.45, 7) is 4.30. The molecule has 7 nitrogen and oxygen atoms in total. The van der Waals surface area contributed by atoms with Gasteiger partial charge >= 0.3 is 5.97 Å². The number of halogens is 2. The molecule has 1 aliphatic heterocycles. The molecule has 0 saturated carbocycles. The maximum Gasteiger partial charge on any atom is 0.338 e. The Hall–Kier alpha value is -2.74. The third-order valence-electron chi connectivity index (χ3n) is 5.48. The largest absolute Gasteiger partial charge is 0.454 e. The van der Waals surface area contributed by atoms with Crippen LogP contribution in [0.15, 0.2) is 42.5 Å². The van der Waals surface area contributed by atoms with Crippen LogP contribution in [0.25, 0.3) is 0 Å². The second-order valence-electron chi connectivity index (χ2n) is 7.92. The molecule has 174 valence electrons. The van der Waals surface area contributed by atoms with Gasteiger partial charge in [0.25, 0.3) is 5.91 Å². The van der Waals surface area contributed by atoms with Crippen molar-refractivity contribution in [2.24, 2.45) is 5.92 Å². The van der Waals surface area contributed by atoms with Crippen molar-refractivity contribution < 1.29 is 23.9 Å². The summed E-state index contributed by atoms with van der Waals surface area (Å²) in [6, 6.07) is 9.75. The SMILES string of the molecule is CCC(C)CNC1CC(=O)N(c2ccc(C(=O)OCC(=O)c3ccc(Cl)cc3Cl)cc2)C1=O. The smallest absolute Gasteiger partial charge is 0.338 e. The Morgan fingerprint density at radius 2 is 1.85 bits per heavy atom. The summed E-state index contributed by atoms with van der Waals surface area (Å²) < 4.78 is 5.08. The summed E-state index contributed by atoms with van der Waals surface area (Å²) in [4.78, 5) is 50.8. The fourth-order valence-electron chi connectivity index (χ4n) is 3.30. The normalized spacial score (nSPS) is 16.7. The molecule has 0 spiro atoms. The summed E-state index contributed by atoms with van der Waals surface area (Å²) in [5.41, 5.74) is 0.754. The highest BCUT2D eigenvalue weighted by Crippen LogP contribution is 2.24. The Balaban J connectivity index is 1.60. The van der Waals surface area contributed by atoms with E-state index < -0.39 is 24.4 Å². The molecule has 0 bridgehead atoms. The number of anilines is 1. The van der Waals surface area contributed by atoms with Crippen LogP contribution in [-0.2, 0) is 14.3 Å². The number of imide groups is 1. The standard InChI is InChI=1S/C24H24Cl2N2O5/c1-3-14(2)12-27-20-11-22(30)28(23(20)31)17-7-4-15(5-8-17)24(32)33-13-21(29)18-9-6-16(25)10-19(18)26/h4-10,14,20,27H,3,11-13H2,1-2H3. The third-order valence-corrected chi connectivity index (χ3v) is 6.03. The van der Waals surface area contributed by atoms with Gasteiger partial charge in [0.1, 0.15) is 0 Å². The van der Waals surface area contributed by atoms with Crippen molar-refractivity contribution >= 4 is 52.5 Å². The van der Waals surface area contributed by atoms with E-state index in [1.807, 2.05) is 0 Å². The number of carbonyl (C=O) groups excluding carboxylic acids is 4. The number of ether oxygens (including phenoxy) is 1. The maximum atomic E-state index is 12.7. The summed E-state index contributed by atoms with van der Waals surface area (Å²) in [7, 11) is 0. The summed E-state index contributed by atoms with van der Waals surface area (Å²) in [5.74, 6) is -1.40. The van der Waals surface area contributed by atoms with Crippen molar-refractivity contribution in [2.75, 3.05) is 18.1 Å². The first-order chi connectivity index (χ1) is 15.7. The number of hydrogen-bond donors (Lipinski definition) is 1. The van der Waals surface area contributed by atoms with Crippen molar-refractivity contribution in [3.05, 3.63) is 63.6 Å². The van der Waals surface area contributed by atoms with Crippen molar-refractivity contribution in [3.8, 4) is 0 Å². The van der Waals surface area contributed by atoms with Crippen molar-refractivity contribution in [3.63, 3.8) is 0 Å². The van der Waals surface area contributed by atoms with E-state index in [1.54, 1.807) is 0 Å². The van der Waals surface area contributed by atoms with Crippen LogP contribution < -0.4 is 10.2 Å². The lowest BCUT2D eigenvalue weighted by Gasteiger charge is -2.17. The highest BCUT2D eigenvalue weighted by atomic mass is 35.5. The minimum Gasteiger partial charge on any atom is -0.454 e. The second-order valence-corrected chi connectivity index (χ2v) is 8.76. The number of hydrogen-bond acceptors (Lipinski definition) is 6. The minimum absolute atomic E-state index is 0.0917. The van der Waals surface area contributed by atoms with Gasteiger partial charge in [-0.1, -0.05) is 43.5 Å². The fraction of sp³-hybridized carbons (Fsp3) is 0.333. The second kappa shape index (κ2) is 10.9. The van der Waals surface area contributed by atoms with Gasteiger partial charge in [0.05, 0.1) is 28.7 Å². The molecule has 2 unspecified atom stereocenters. The monoisotopic (exact) mass is 490 g/mol. The predicted molar refractivity (Wildman–Crippen MR) is 126 cm³/mol. The quantitative estimate of drug-likeness (QED) is 0.320. The van der Waals surface area contributed by atoms with Crippen LogP contribution in [0.1, 0.15) is 47.4 Å². The minimum atomic E-state index is -0.716. The summed E-state index contributed by atoms with van der Waals surface area (Å²) >= 11 is 11.8. The van der Waals surface area contributed by atoms with E-state index in [4.69, 9.17) is 27.9 Å². The number of esters is 1. The first-order valence-corrected chi connectivity index (χ1v) is 11.3. The lowest BCUT2D eigenvalue weighted by molar-refractivity contribution is -0.121. The molecule has 0 aromatic heterocycles. The van der Waals surface area contributed by atoms with E-state index in [2.05, 4.69) is 19.2 Å². The van der Waals surface area contributed by atoms with Crippen LogP contribution in [0, 0.1) is 5.92 Å². The van der Waals surface area contributed by atoms with Gasteiger partial charge < -0.3 is 10.1 Å². The molecule has 9 heteroatoms. The number of nitrogens with zero attached hydrogens (tertiary/aromatic N) is 1. The predicted octanol–water partition coefficient (Wildman–Crippen LogP) is 4.30. The number of carbonyl (C=O) groups is 4. The van der Waals surface area contributed by atoms with Gasteiger partial charge in [-0.15, -0.1) is 0 Å². The molecular weight excluding hydrogens is 467 g/mol. The topological polar surface area (TPSA) is 92.8 Å². The molecule has 2 amide bonds. The molecule has 0 radical (unpaired) electrons. The molecule has 1 fully saturated rings. The molecule has 1 N–H and O–H groups in total. The number of amides is 2. The maximum absolute atomic E-state index is 12.7. The van der Waals surface area contributed by atoms with Gasteiger partial charge in [-0.3, -0.25) is 14.4 Å². The van der Waals surface area contributed by atoms with Gasteiger partial charge in [-0.2, -0.15) is 0 Å². The van der Waals surface area contributed by atoms with E-state index in [1.165, 1.54) is 42.5 Å². The molecule has 2 aromatic carbocycles. The van der Waals surface area contributed by atoms with E-state index in [0.717, 1.165) is 11.3 Å². The van der Waals surface area contributed by atoms with Crippen LogP contribution in [-0.4, -0.2) is 42.8 Å². The van der Waals surface area contributed by atoms with Crippen molar-refractivity contribution in [1.82, 2.24) is 5.32 Å². The molecular formula is C24H24Cl2N2O5. The highest BCUT2D eigenvalue weighted by molar-refractivity contribution is 6.36. The van der Waals surface area contributed by atoms with Gasteiger partial charge in [-0.25, -0.2) is 9.69 Å². The Bertz CT molecular complexity index is 1070. The average Bonchev–Trinajstić information content (AvgIpc) is 3.08. The number of benzene rings is 2. The molecule has 0 aliphatic carbocycles. The number of rotatable bonds is 9. The van der Waals surface area contributed by atoms with Crippen LogP contribution in [0.2, 0.25) is 10.0 Å². The molecule has 2 atom stereocenters. The first-order valence-electron chi connectivity index (χ1n) is 10.6. The van der Waals surface area contributed by atoms with Crippen LogP contribution in [0.4, 0.5) is 5.69 Å². The first kappa shape index (κ1) is 24.9. The molecule has 2 aromatic rings. The van der Waals surface area contributed by atoms with Gasteiger partial charge in [0.2, 0.25) is 11.7 Å².